The van der Waals surface area contributed by atoms with Crippen molar-refractivity contribution in [3.05, 3.63) is 39.9 Å². The third kappa shape index (κ3) is 3.30. The highest BCUT2D eigenvalue weighted by molar-refractivity contribution is 5.35. The smallest absolute Gasteiger partial charge is 0.269 e. The van der Waals surface area contributed by atoms with Crippen LogP contribution in [0.15, 0.2) is 24.3 Å². The minimum atomic E-state index is -0.575. The Kier molecular flexibility index (Phi) is 4.17. The van der Waals surface area contributed by atoms with Gasteiger partial charge >= 0.3 is 0 Å². The van der Waals surface area contributed by atoms with Crippen LogP contribution in [0, 0.1) is 10.1 Å². The van der Waals surface area contributed by atoms with E-state index in [0.29, 0.717) is 6.54 Å². The van der Waals surface area contributed by atoms with Gasteiger partial charge in [-0.1, -0.05) is 19.1 Å². The van der Waals surface area contributed by atoms with Gasteiger partial charge in [-0.15, -0.1) is 0 Å². The predicted octanol–water partition coefficient (Wildman–Crippen LogP) is 2.55. The summed E-state index contributed by atoms with van der Waals surface area (Å²) in [6, 6.07) is 6.74. The van der Waals surface area contributed by atoms with Crippen molar-refractivity contribution < 1.29 is 10.0 Å². The summed E-state index contributed by atoms with van der Waals surface area (Å²) in [5.74, 6) is 0. The lowest BCUT2D eigenvalue weighted by Gasteiger charge is -2.38. The molecule has 0 aromatic heterocycles. The molecule has 1 saturated carbocycles. The van der Waals surface area contributed by atoms with Crippen LogP contribution in [-0.4, -0.2) is 22.2 Å². The van der Waals surface area contributed by atoms with E-state index in [2.05, 4.69) is 5.32 Å². The Hall–Kier alpha value is -1.46. The maximum absolute atomic E-state index is 10.8. The van der Waals surface area contributed by atoms with Crippen molar-refractivity contribution in [2.24, 2.45) is 0 Å². The SMILES string of the molecule is CCC(NCC1(O)CCC1)c1cccc([N+](=O)[O-])c1. The van der Waals surface area contributed by atoms with Crippen LogP contribution in [0.2, 0.25) is 0 Å². The summed E-state index contributed by atoms with van der Waals surface area (Å²) < 4.78 is 0. The number of aliphatic hydroxyl groups is 1. The zero-order valence-corrected chi connectivity index (χ0v) is 11.1. The van der Waals surface area contributed by atoms with Gasteiger partial charge in [0.25, 0.3) is 5.69 Å². The van der Waals surface area contributed by atoms with E-state index < -0.39 is 5.60 Å². The van der Waals surface area contributed by atoms with E-state index in [9.17, 15) is 15.2 Å². The van der Waals surface area contributed by atoms with E-state index >= 15 is 0 Å². The molecule has 104 valence electrons. The van der Waals surface area contributed by atoms with Crippen molar-refractivity contribution in [2.45, 2.75) is 44.2 Å². The largest absolute Gasteiger partial charge is 0.389 e. The summed E-state index contributed by atoms with van der Waals surface area (Å²) in [6.07, 6.45) is 3.58. The van der Waals surface area contributed by atoms with E-state index in [1.807, 2.05) is 13.0 Å². The molecule has 1 aliphatic carbocycles. The van der Waals surface area contributed by atoms with Crippen LogP contribution >= 0.6 is 0 Å². The zero-order valence-electron chi connectivity index (χ0n) is 11.1. The lowest BCUT2D eigenvalue weighted by molar-refractivity contribution is -0.384. The van der Waals surface area contributed by atoms with Crippen molar-refractivity contribution in [1.29, 1.82) is 0 Å². The number of non-ortho nitro benzene ring substituents is 1. The number of nitrogens with zero attached hydrogens (tertiary/aromatic N) is 1. The van der Waals surface area contributed by atoms with Crippen molar-refractivity contribution in [3.63, 3.8) is 0 Å². The van der Waals surface area contributed by atoms with Crippen molar-refractivity contribution in [1.82, 2.24) is 5.32 Å². The second-order valence-corrected chi connectivity index (χ2v) is 5.27. The predicted molar refractivity (Wildman–Crippen MR) is 72.9 cm³/mol. The minimum absolute atomic E-state index is 0.0459. The average molecular weight is 264 g/mol. The molecule has 0 amide bonds. The lowest BCUT2D eigenvalue weighted by Crippen LogP contribution is -2.47. The number of rotatable bonds is 6. The third-order valence-electron chi connectivity index (χ3n) is 3.85. The number of nitro groups is 1. The van der Waals surface area contributed by atoms with Gasteiger partial charge in [-0.3, -0.25) is 10.1 Å². The molecule has 1 fully saturated rings. The topological polar surface area (TPSA) is 75.4 Å². The monoisotopic (exact) mass is 264 g/mol. The summed E-state index contributed by atoms with van der Waals surface area (Å²) in [5.41, 5.74) is 0.438. The second kappa shape index (κ2) is 5.67. The fourth-order valence-corrected chi connectivity index (χ4v) is 2.43. The molecule has 1 aromatic rings. The van der Waals surface area contributed by atoms with Crippen molar-refractivity contribution in [3.8, 4) is 0 Å². The molecule has 0 radical (unpaired) electrons. The molecule has 1 aromatic carbocycles. The lowest BCUT2D eigenvalue weighted by atomic mass is 9.80. The van der Waals surface area contributed by atoms with E-state index in [4.69, 9.17) is 0 Å². The highest BCUT2D eigenvalue weighted by Crippen LogP contribution is 2.31. The molecule has 0 spiro atoms. The first-order chi connectivity index (χ1) is 9.04. The molecule has 0 bridgehead atoms. The zero-order chi connectivity index (χ0) is 13.9. The van der Waals surface area contributed by atoms with E-state index in [-0.39, 0.29) is 16.7 Å². The fourth-order valence-electron chi connectivity index (χ4n) is 2.43. The maximum atomic E-state index is 10.8. The van der Waals surface area contributed by atoms with E-state index in [1.165, 1.54) is 6.07 Å². The molecule has 5 nitrogen and oxygen atoms in total. The highest BCUT2D eigenvalue weighted by Gasteiger charge is 2.34. The Labute approximate surface area is 112 Å². The first kappa shape index (κ1) is 14.0. The Balaban J connectivity index is 2.04. The second-order valence-electron chi connectivity index (χ2n) is 5.27. The molecule has 0 saturated heterocycles. The van der Waals surface area contributed by atoms with Gasteiger partial charge in [0.15, 0.2) is 0 Å². The number of hydrogen-bond donors (Lipinski definition) is 2. The maximum Gasteiger partial charge on any atom is 0.269 e. The van der Waals surface area contributed by atoms with Crippen molar-refractivity contribution in [2.75, 3.05) is 6.54 Å². The molecule has 2 rings (SSSR count). The van der Waals surface area contributed by atoms with Gasteiger partial charge < -0.3 is 10.4 Å². The van der Waals surface area contributed by atoms with Gasteiger partial charge in [-0.2, -0.15) is 0 Å². The summed E-state index contributed by atoms with van der Waals surface area (Å²) in [4.78, 5) is 10.4. The first-order valence-electron chi connectivity index (χ1n) is 6.74. The molecule has 0 aliphatic heterocycles. The normalized spacial score (nSPS) is 18.6. The molecule has 5 heteroatoms. The fraction of sp³-hybridized carbons (Fsp3) is 0.571. The molecule has 19 heavy (non-hydrogen) atoms. The molecule has 1 aliphatic rings. The molecular weight excluding hydrogens is 244 g/mol. The first-order valence-corrected chi connectivity index (χ1v) is 6.74. The van der Waals surface area contributed by atoms with Crippen LogP contribution in [0.25, 0.3) is 0 Å². The number of benzene rings is 1. The van der Waals surface area contributed by atoms with Gasteiger partial charge in [0.2, 0.25) is 0 Å². The number of hydrogen-bond acceptors (Lipinski definition) is 4. The van der Waals surface area contributed by atoms with Crippen LogP contribution in [0.5, 0.6) is 0 Å². The van der Waals surface area contributed by atoms with Crippen LogP contribution in [0.4, 0.5) is 5.69 Å². The van der Waals surface area contributed by atoms with Gasteiger partial charge in [-0.25, -0.2) is 0 Å². The van der Waals surface area contributed by atoms with Gasteiger partial charge in [0, 0.05) is 24.7 Å². The molecule has 1 unspecified atom stereocenters. The Morgan fingerprint density at radius 1 is 1.53 bits per heavy atom. The number of nitrogens with one attached hydrogen (secondary N) is 1. The Morgan fingerprint density at radius 2 is 2.26 bits per heavy atom. The molecule has 1 atom stereocenters. The Morgan fingerprint density at radius 3 is 2.79 bits per heavy atom. The third-order valence-corrected chi connectivity index (χ3v) is 3.85. The summed E-state index contributed by atoms with van der Waals surface area (Å²) in [6.45, 7) is 2.58. The van der Waals surface area contributed by atoms with Crippen LogP contribution in [0.3, 0.4) is 0 Å². The van der Waals surface area contributed by atoms with Gasteiger partial charge in [0.05, 0.1) is 10.5 Å². The molecule has 0 heterocycles. The molecular formula is C14H20N2O3. The minimum Gasteiger partial charge on any atom is -0.389 e. The molecule has 2 N–H and O–H groups in total. The quantitative estimate of drug-likeness (QED) is 0.611. The average Bonchev–Trinajstić information content (AvgIpc) is 2.37. The number of nitro benzene ring substituents is 1. The van der Waals surface area contributed by atoms with Crippen LogP contribution < -0.4 is 5.32 Å². The Bertz CT molecular complexity index is 458. The van der Waals surface area contributed by atoms with Crippen molar-refractivity contribution >= 4 is 5.69 Å². The van der Waals surface area contributed by atoms with Gasteiger partial charge in [-0.05, 0) is 31.2 Å². The van der Waals surface area contributed by atoms with Gasteiger partial charge in [0.1, 0.15) is 0 Å². The standard InChI is InChI=1S/C14H20N2O3/c1-2-13(15-10-14(17)7-4-8-14)11-5-3-6-12(9-11)16(18)19/h3,5-6,9,13,15,17H,2,4,7-8,10H2,1H3. The van der Waals surface area contributed by atoms with E-state index in [0.717, 1.165) is 31.2 Å². The van der Waals surface area contributed by atoms with E-state index in [1.54, 1.807) is 12.1 Å². The summed E-state index contributed by atoms with van der Waals surface area (Å²) in [5, 5.41) is 24.2. The highest BCUT2D eigenvalue weighted by atomic mass is 16.6. The van der Waals surface area contributed by atoms with Crippen LogP contribution in [0.1, 0.15) is 44.2 Å². The van der Waals surface area contributed by atoms with Crippen LogP contribution in [-0.2, 0) is 0 Å². The summed E-state index contributed by atoms with van der Waals surface area (Å²) in [7, 11) is 0. The summed E-state index contributed by atoms with van der Waals surface area (Å²) >= 11 is 0.